The standard InChI is InChI=1S/C19H28N2/c1-14-16-7-5-6-8-17(16)21(4)18(14)13-20-15-9-11-19(2,3)12-10-15/h5-8,15,20H,9-13H2,1-4H3. The average Bonchev–Trinajstić information content (AvgIpc) is 2.71. The number of benzene rings is 1. The summed E-state index contributed by atoms with van der Waals surface area (Å²) in [7, 11) is 2.19. The molecule has 1 aliphatic rings. The zero-order chi connectivity index (χ0) is 15.0. The normalized spacial score (nSPS) is 19.2. The summed E-state index contributed by atoms with van der Waals surface area (Å²) in [5, 5.41) is 5.19. The third-order valence-electron chi connectivity index (χ3n) is 5.40. The molecule has 1 aromatic heterocycles. The second-order valence-corrected chi connectivity index (χ2v) is 7.47. The highest BCUT2D eigenvalue weighted by Crippen LogP contribution is 2.35. The minimum atomic E-state index is 0.549. The van der Waals surface area contributed by atoms with Gasteiger partial charge in [-0.05, 0) is 49.7 Å². The van der Waals surface area contributed by atoms with Gasteiger partial charge in [0.25, 0.3) is 0 Å². The molecule has 1 N–H and O–H groups in total. The Kier molecular flexibility index (Phi) is 3.83. The van der Waals surface area contributed by atoms with Gasteiger partial charge in [-0.1, -0.05) is 32.0 Å². The van der Waals surface area contributed by atoms with E-state index in [0.717, 1.165) is 6.54 Å². The van der Waals surface area contributed by atoms with Gasteiger partial charge in [0.2, 0.25) is 0 Å². The largest absolute Gasteiger partial charge is 0.346 e. The predicted octanol–water partition coefficient (Wildman–Crippen LogP) is 4.55. The van der Waals surface area contributed by atoms with Gasteiger partial charge >= 0.3 is 0 Å². The van der Waals surface area contributed by atoms with Crippen molar-refractivity contribution < 1.29 is 0 Å². The van der Waals surface area contributed by atoms with Crippen molar-refractivity contribution in [3.05, 3.63) is 35.5 Å². The molecule has 0 aliphatic heterocycles. The molecular weight excluding hydrogens is 256 g/mol. The van der Waals surface area contributed by atoms with Crippen LogP contribution in [0.2, 0.25) is 0 Å². The Morgan fingerprint density at radius 3 is 2.52 bits per heavy atom. The Bertz CT molecular complexity index is 587. The molecule has 0 saturated heterocycles. The molecule has 0 amide bonds. The number of nitrogens with zero attached hydrogens (tertiary/aromatic N) is 1. The summed E-state index contributed by atoms with van der Waals surface area (Å²) in [5.74, 6) is 0. The van der Waals surface area contributed by atoms with Crippen LogP contribution in [-0.4, -0.2) is 10.6 Å². The van der Waals surface area contributed by atoms with Crippen molar-refractivity contribution in [1.82, 2.24) is 9.88 Å². The van der Waals surface area contributed by atoms with Crippen molar-refractivity contribution in [3.63, 3.8) is 0 Å². The molecule has 21 heavy (non-hydrogen) atoms. The number of para-hydroxylation sites is 1. The van der Waals surface area contributed by atoms with Crippen LogP contribution in [0.3, 0.4) is 0 Å². The molecule has 2 heteroatoms. The van der Waals surface area contributed by atoms with Crippen molar-refractivity contribution in [3.8, 4) is 0 Å². The first kappa shape index (κ1) is 14.6. The summed E-state index contributed by atoms with van der Waals surface area (Å²) in [4.78, 5) is 0. The fraction of sp³-hybridized carbons (Fsp3) is 0.579. The maximum absolute atomic E-state index is 3.80. The fourth-order valence-corrected chi connectivity index (χ4v) is 3.73. The van der Waals surface area contributed by atoms with E-state index < -0.39 is 0 Å². The molecule has 1 aromatic carbocycles. The zero-order valence-corrected chi connectivity index (χ0v) is 13.9. The lowest BCUT2D eigenvalue weighted by atomic mass is 9.75. The van der Waals surface area contributed by atoms with Gasteiger partial charge in [-0.25, -0.2) is 0 Å². The smallest absolute Gasteiger partial charge is 0.0483 e. The van der Waals surface area contributed by atoms with Crippen LogP contribution in [0, 0.1) is 12.3 Å². The SMILES string of the molecule is Cc1c(CNC2CCC(C)(C)CC2)n(C)c2ccccc12. The summed E-state index contributed by atoms with van der Waals surface area (Å²) in [6.07, 6.45) is 5.32. The van der Waals surface area contributed by atoms with Gasteiger partial charge < -0.3 is 9.88 Å². The molecule has 1 aliphatic carbocycles. The van der Waals surface area contributed by atoms with E-state index in [1.807, 2.05) is 0 Å². The van der Waals surface area contributed by atoms with Crippen molar-refractivity contribution in [1.29, 1.82) is 0 Å². The van der Waals surface area contributed by atoms with E-state index in [4.69, 9.17) is 0 Å². The lowest BCUT2D eigenvalue weighted by Gasteiger charge is -2.34. The second-order valence-electron chi connectivity index (χ2n) is 7.47. The molecule has 0 bridgehead atoms. The number of fused-ring (bicyclic) bond motifs is 1. The molecular formula is C19H28N2. The van der Waals surface area contributed by atoms with Gasteiger partial charge in [-0.2, -0.15) is 0 Å². The number of aromatic nitrogens is 1. The minimum Gasteiger partial charge on any atom is -0.346 e. The van der Waals surface area contributed by atoms with Gasteiger partial charge in [0.15, 0.2) is 0 Å². The molecule has 1 saturated carbocycles. The molecule has 114 valence electrons. The Morgan fingerprint density at radius 2 is 1.86 bits per heavy atom. The first-order valence-electron chi connectivity index (χ1n) is 8.24. The van der Waals surface area contributed by atoms with Crippen LogP contribution >= 0.6 is 0 Å². The minimum absolute atomic E-state index is 0.549. The molecule has 3 rings (SSSR count). The van der Waals surface area contributed by atoms with Crippen LogP contribution in [0.4, 0.5) is 0 Å². The number of hydrogen-bond donors (Lipinski definition) is 1. The second kappa shape index (κ2) is 5.49. The van der Waals surface area contributed by atoms with Crippen LogP contribution in [0.1, 0.15) is 50.8 Å². The molecule has 1 heterocycles. The molecule has 0 radical (unpaired) electrons. The Labute approximate surface area is 128 Å². The van der Waals surface area contributed by atoms with Gasteiger partial charge in [0.05, 0.1) is 0 Å². The highest BCUT2D eigenvalue weighted by atomic mass is 15.0. The van der Waals surface area contributed by atoms with Crippen molar-refractivity contribution in [2.24, 2.45) is 12.5 Å². The number of nitrogens with one attached hydrogen (secondary N) is 1. The number of hydrogen-bond acceptors (Lipinski definition) is 1. The van der Waals surface area contributed by atoms with E-state index in [9.17, 15) is 0 Å². The number of rotatable bonds is 3. The Balaban J connectivity index is 1.71. The maximum Gasteiger partial charge on any atom is 0.0483 e. The van der Waals surface area contributed by atoms with Crippen molar-refractivity contribution in [2.75, 3.05) is 0 Å². The third kappa shape index (κ3) is 2.87. The Hall–Kier alpha value is -1.28. The lowest BCUT2D eigenvalue weighted by Crippen LogP contribution is -2.35. The molecule has 1 fully saturated rings. The van der Waals surface area contributed by atoms with Crippen LogP contribution in [-0.2, 0) is 13.6 Å². The summed E-state index contributed by atoms with van der Waals surface area (Å²) in [5.41, 5.74) is 4.75. The van der Waals surface area contributed by atoms with Crippen molar-refractivity contribution >= 4 is 10.9 Å². The van der Waals surface area contributed by atoms with E-state index >= 15 is 0 Å². The van der Waals surface area contributed by atoms with Crippen LogP contribution < -0.4 is 5.32 Å². The monoisotopic (exact) mass is 284 g/mol. The summed E-state index contributed by atoms with van der Waals surface area (Å²) in [6.45, 7) is 8.04. The van der Waals surface area contributed by atoms with Crippen molar-refractivity contribution in [2.45, 2.75) is 59.0 Å². The molecule has 2 aromatic rings. The van der Waals surface area contributed by atoms with E-state index in [2.05, 4.69) is 62.0 Å². The van der Waals surface area contributed by atoms with Crippen LogP contribution in [0.15, 0.2) is 24.3 Å². The summed E-state index contributed by atoms with van der Waals surface area (Å²) in [6, 6.07) is 9.40. The average molecular weight is 284 g/mol. The molecule has 0 unspecified atom stereocenters. The first-order valence-corrected chi connectivity index (χ1v) is 8.24. The molecule has 0 atom stereocenters. The van der Waals surface area contributed by atoms with Crippen LogP contribution in [0.25, 0.3) is 10.9 Å². The van der Waals surface area contributed by atoms with Gasteiger partial charge in [0, 0.05) is 36.2 Å². The quantitative estimate of drug-likeness (QED) is 0.875. The fourth-order valence-electron chi connectivity index (χ4n) is 3.73. The zero-order valence-electron chi connectivity index (χ0n) is 13.9. The van der Waals surface area contributed by atoms with Gasteiger partial charge in [-0.3, -0.25) is 0 Å². The topological polar surface area (TPSA) is 17.0 Å². The summed E-state index contributed by atoms with van der Waals surface area (Å²) < 4.78 is 2.35. The van der Waals surface area contributed by atoms with E-state index in [-0.39, 0.29) is 0 Å². The van der Waals surface area contributed by atoms with Gasteiger partial charge in [0.1, 0.15) is 0 Å². The lowest BCUT2D eigenvalue weighted by molar-refractivity contribution is 0.205. The molecule has 2 nitrogen and oxygen atoms in total. The summed E-state index contributed by atoms with van der Waals surface area (Å²) >= 11 is 0. The highest BCUT2D eigenvalue weighted by Gasteiger charge is 2.26. The maximum atomic E-state index is 3.80. The van der Waals surface area contributed by atoms with Crippen LogP contribution in [0.5, 0.6) is 0 Å². The highest BCUT2D eigenvalue weighted by molar-refractivity contribution is 5.85. The number of aryl methyl sites for hydroxylation is 2. The van der Waals surface area contributed by atoms with E-state index in [0.29, 0.717) is 11.5 Å². The van der Waals surface area contributed by atoms with E-state index in [1.54, 1.807) is 0 Å². The third-order valence-corrected chi connectivity index (χ3v) is 5.40. The van der Waals surface area contributed by atoms with Gasteiger partial charge in [-0.15, -0.1) is 0 Å². The van der Waals surface area contributed by atoms with E-state index in [1.165, 1.54) is 47.8 Å². The molecule has 0 spiro atoms. The predicted molar refractivity (Wildman–Crippen MR) is 90.5 cm³/mol. The Morgan fingerprint density at radius 1 is 1.19 bits per heavy atom. The first-order chi connectivity index (χ1) is 9.98.